The Hall–Kier alpha value is -2.89. The highest BCUT2D eigenvalue weighted by Crippen LogP contribution is 2.20. The maximum atomic E-state index is 12.7. The monoisotopic (exact) mass is 367 g/mol. The van der Waals surface area contributed by atoms with E-state index in [-0.39, 0.29) is 18.0 Å². The third-order valence-corrected chi connectivity index (χ3v) is 5.03. The minimum atomic E-state index is -0.777. The third-order valence-electron chi connectivity index (χ3n) is 5.03. The number of carbonyl (C=O) groups excluding carboxylic acids is 1. The molecule has 2 heterocycles. The molecule has 1 aromatic carbocycles. The number of rotatable bonds is 5. The molecule has 1 fully saturated rings. The molecule has 1 saturated heterocycles. The predicted molar refractivity (Wildman–Crippen MR) is 102 cm³/mol. The fourth-order valence-electron chi connectivity index (χ4n) is 3.34. The second-order valence-corrected chi connectivity index (χ2v) is 7.05. The van der Waals surface area contributed by atoms with Crippen molar-refractivity contribution in [2.75, 3.05) is 13.1 Å². The number of hydrogen-bond donors (Lipinski definition) is 2. The molecule has 3 rings (SSSR count). The lowest BCUT2D eigenvalue weighted by Crippen LogP contribution is -2.46. The van der Waals surface area contributed by atoms with Crippen LogP contribution in [-0.4, -0.2) is 40.1 Å². The lowest BCUT2D eigenvalue weighted by atomic mass is 9.97. The van der Waals surface area contributed by atoms with E-state index in [4.69, 9.17) is 5.11 Å². The van der Waals surface area contributed by atoms with Crippen LogP contribution in [0.25, 0.3) is 0 Å². The average molecular weight is 367 g/mol. The lowest BCUT2D eigenvalue weighted by Gasteiger charge is -2.31. The Morgan fingerprint density at radius 1 is 1.19 bits per heavy atom. The van der Waals surface area contributed by atoms with Crippen LogP contribution in [0, 0.1) is 12.8 Å². The van der Waals surface area contributed by atoms with Crippen LogP contribution < -0.4 is 5.32 Å². The van der Waals surface area contributed by atoms with Crippen LogP contribution in [0.1, 0.15) is 35.7 Å². The van der Waals surface area contributed by atoms with Gasteiger partial charge >= 0.3 is 12.0 Å². The van der Waals surface area contributed by atoms with Gasteiger partial charge in [-0.2, -0.15) is 0 Å². The zero-order valence-corrected chi connectivity index (χ0v) is 15.5. The third kappa shape index (κ3) is 5.06. The van der Waals surface area contributed by atoms with Crippen LogP contribution in [0.4, 0.5) is 4.79 Å². The van der Waals surface area contributed by atoms with Crippen LogP contribution in [0.15, 0.2) is 48.7 Å². The van der Waals surface area contributed by atoms with Gasteiger partial charge in [-0.1, -0.05) is 35.9 Å². The van der Waals surface area contributed by atoms with Crippen LogP contribution in [0.5, 0.6) is 0 Å². The normalized spacial score (nSPS) is 16.0. The number of urea groups is 1. The second-order valence-electron chi connectivity index (χ2n) is 7.05. The number of likely N-dealkylation sites (tertiary alicyclic amines) is 1. The molecule has 1 aromatic heterocycles. The fraction of sp³-hybridized carbons (Fsp3) is 0.381. The summed E-state index contributed by atoms with van der Waals surface area (Å²) in [6, 6.07) is 13.5. The zero-order valence-electron chi connectivity index (χ0n) is 15.5. The molecule has 1 aliphatic rings. The van der Waals surface area contributed by atoms with Gasteiger partial charge in [0.25, 0.3) is 0 Å². The molecule has 1 unspecified atom stereocenters. The molecule has 27 heavy (non-hydrogen) atoms. The van der Waals surface area contributed by atoms with E-state index in [2.05, 4.69) is 34.6 Å². The molecule has 142 valence electrons. The number of aliphatic carboxylic acids is 1. The number of hydrogen-bond acceptors (Lipinski definition) is 3. The smallest absolute Gasteiger partial charge is 0.317 e. The Balaban J connectivity index is 1.69. The van der Waals surface area contributed by atoms with E-state index in [1.165, 1.54) is 5.56 Å². The molecule has 6 heteroatoms. The molecule has 1 aliphatic heterocycles. The summed E-state index contributed by atoms with van der Waals surface area (Å²) in [4.78, 5) is 29.9. The fourth-order valence-corrected chi connectivity index (χ4v) is 3.34. The summed E-state index contributed by atoms with van der Waals surface area (Å²) in [5.74, 6) is -1.13. The summed E-state index contributed by atoms with van der Waals surface area (Å²) in [6.07, 6.45) is 3.36. The van der Waals surface area contributed by atoms with E-state index in [0.717, 1.165) is 11.3 Å². The maximum absolute atomic E-state index is 12.7. The first-order chi connectivity index (χ1) is 13.0. The van der Waals surface area contributed by atoms with Crippen molar-refractivity contribution in [1.82, 2.24) is 15.2 Å². The number of nitrogens with zero attached hydrogens (tertiary/aromatic N) is 2. The molecular weight excluding hydrogens is 342 g/mol. The Labute approximate surface area is 159 Å². The topological polar surface area (TPSA) is 82.5 Å². The van der Waals surface area contributed by atoms with Gasteiger partial charge < -0.3 is 15.3 Å². The highest BCUT2D eigenvalue weighted by Gasteiger charge is 2.28. The Kier molecular flexibility index (Phi) is 6.06. The highest BCUT2D eigenvalue weighted by molar-refractivity contribution is 5.75. The largest absolute Gasteiger partial charge is 0.481 e. The molecule has 6 nitrogen and oxygen atoms in total. The van der Waals surface area contributed by atoms with Crippen molar-refractivity contribution in [1.29, 1.82) is 0 Å². The molecule has 0 radical (unpaired) electrons. The van der Waals surface area contributed by atoms with Crippen LogP contribution in [0.2, 0.25) is 0 Å². The number of carbonyl (C=O) groups is 2. The first kappa shape index (κ1) is 18.9. The van der Waals surface area contributed by atoms with Crippen LogP contribution in [-0.2, 0) is 11.2 Å². The number of carboxylic acid groups (broad SMARTS) is 1. The highest BCUT2D eigenvalue weighted by atomic mass is 16.4. The summed E-state index contributed by atoms with van der Waals surface area (Å²) in [6.45, 7) is 2.97. The van der Waals surface area contributed by atoms with Crippen molar-refractivity contribution in [3.05, 3.63) is 65.5 Å². The second kappa shape index (κ2) is 8.66. The number of carboxylic acids is 1. The molecule has 0 bridgehead atoms. The van der Waals surface area contributed by atoms with Crippen molar-refractivity contribution in [2.45, 2.75) is 32.2 Å². The van der Waals surface area contributed by atoms with Gasteiger partial charge in [-0.3, -0.25) is 9.78 Å². The number of aromatic nitrogens is 1. The number of nitrogens with one attached hydrogen (secondary N) is 1. The number of aryl methyl sites for hydroxylation is 1. The summed E-state index contributed by atoms with van der Waals surface area (Å²) in [7, 11) is 0. The minimum absolute atomic E-state index is 0.165. The van der Waals surface area contributed by atoms with E-state index < -0.39 is 5.97 Å². The molecule has 0 aliphatic carbocycles. The van der Waals surface area contributed by atoms with Crippen molar-refractivity contribution in [3.63, 3.8) is 0 Å². The summed E-state index contributed by atoms with van der Waals surface area (Å²) in [5, 5.41) is 12.2. The summed E-state index contributed by atoms with van der Waals surface area (Å²) < 4.78 is 0. The number of benzene rings is 1. The van der Waals surface area contributed by atoms with Gasteiger partial charge in [-0.15, -0.1) is 0 Å². The van der Waals surface area contributed by atoms with Crippen molar-refractivity contribution >= 4 is 12.0 Å². The first-order valence-electron chi connectivity index (χ1n) is 9.27. The molecule has 1 atom stereocenters. The van der Waals surface area contributed by atoms with Gasteiger partial charge in [-0.25, -0.2) is 4.79 Å². The molecule has 0 spiro atoms. The molecule has 2 N–H and O–H groups in total. The average Bonchev–Trinajstić information content (AvgIpc) is 2.70. The van der Waals surface area contributed by atoms with Gasteiger partial charge in [0.2, 0.25) is 0 Å². The van der Waals surface area contributed by atoms with E-state index in [0.29, 0.717) is 32.4 Å². The number of pyridine rings is 1. The maximum Gasteiger partial charge on any atom is 0.317 e. The Bertz CT molecular complexity index is 769. The quantitative estimate of drug-likeness (QED) is 0.850. The van der Waals surface area contributed by atoms with E-state index in [9.17, 15) is 9.59 Å². The van der Waals surface area contributed by atoms with E-state index in [1.54, 1.807) is 11.1 Å². The van der Waals surface area contributed by atoms with E-state index in [1.807, 2.05) is 25.1 Å². The van der Waals surface area contributed by atoms with Crippen molar-refractivity contribution in [2.24, 2.45) is 5.92 Å². The summed E-state index contributed by atoms with van der Waals surface area (Å²) >= 11 is 0. The van der Waals surface area contributed by atoms with Crippen LogP contribution >= 0.6 is 0 Å². The molecule has 2 aromatic rings. The zero-order chi connectivity index (χ0) is 19.2. The van der Waals surface area contributed by atoms with Gasteiger partial charge in [0.15, 0.2) is 0 Å². The SMILES string of the molecule is Cc1ccc(CC(NC(=O)N2CCC(C(=O)O)CC2)c2ccccn2)cc1. The minimum Gasteiger partial charge on any atom is -0.481 e. The lowest BCUT2D eigenvalue weighted by molar-refractivity contribution is -0.143. The molecule has 2 amide bonds. The predicted octanol–water partition coefficient (Wildman–Crippen LogP) is 3.18. The Morgan fingerprint density at radius 2 is 1.89 bits per heavy atom. The molecular formula is C21H25N3O3. The van der Waals surface area contributed by atoms with Gasteiger partial charge in [0, 0.05) is 19.3 Å². The number of amides is 2. The standard InChI is InChI=1S/C21H25N3O3/c1-15-5-7-16(8-6-15)14-19(18-4-2-3-11-22-18)23-21(27)24-12-9-17(10-13-24)20(25)26/h2-8,11,17,19H,9-10,12-14H2,1H3,(H,23,27)(H,25,26). The van der Waals surface area contributed by atoms with Gasteiger partial charge in [-0.05, 0) is 43.9 Å². The van der Waals surface area contributed by atoms with Gasteiger partial charge in [0.05, 0.1) is 17.7 Å². The van der Waals surface area contributed by atoms with E-state index >= 15 is 0 Å². The molecule has 0 saturated carbocycles. The number of piperidine rings is 1. The van der Waals surface area contributed by atoms with Crippen molar-refractivity contribution in [3.8, 4) is 0 Å². The summed E-state index contributed by atoms with van der Waals surface area (Å²) in [5.41, 5.74) is 3.13. The van der Waals surface area contributed by atoms with Gasteiger partial charge in [0.1, 0.15) is 0 Å². The van der Waals surface area contributed by atoms with Crippen LogP contribution in [0.3, 0.4) is 0 Å². The van der Waals surface area contributed by atoms with Crippen molar-refractivity contribution < 1.29 is 14.7 Å². The first-order valence-corrected chi connectivity index (χ1v) is 9.27. The Morgan fingerprint density at radius 3 is 2.48 bits per heavy atom.